The summed E-state index contributed by atoms with van der Waals surface area (Å²) < 4.78 is 5.07. The maximum Gasteiger partial charge on any atom is 0.306 e. The molecule has 0 fully saturated rings. The van der Waals surface area contributed by atoms with E-state index < -0.39 is 0 Å². The predicted molar refractivity (Wildman–Crippen MR) is 56.9 cm³/mol. The van der Waals surface area contributed by atoms with Gasteiger partial charge in [0.05, 0.1) is 6.42 Å². The molecule has 1 aliphatic rings. The van der Waals surface area contributed by atoms with Crippen molar-refractivity contribution >= 4 is 5.97 Å². The van der Waals surface area contributed by atoms with Crippen LogP contribution in [0, 0.1) is 5.92 Å². The SMILES string of the molecule is CC(C)=CCOC(=O)CC1C=CCC1. The molecule has 0 radical (unpaired) electrons. The molecule has 0 N–H and O–H groups in total. The molecule has 1 atom stereocenters. The van der Waals surface area contributed by atoms with Crippen molar-refractivity contribution in [2.45, 2.75) is 33.1 Å². The summed E-state index contributed by atoms with van der Waals surface area (Å²) in [6.45, 7) is 4.40. The number of rotatable bonds is 4. The fourth-order valence-electron chi connectivity index (χ4n) is 1.44. The molecule has 1 unspecified atom stereocenters. The van der Waals surface area contributed by atoms with E-state index in [1.165, 1.54) is 5.57 Å². The Bertz CT molecular complexity index is 247. The summed E-state index contributed by atoms with van der Waals surface area (Å²) in [4.78, 5) is 11.3. The number of hydrogen-bond donors (Lipinski definition) is 0. The highest BCUT2D eigenvalue weighted by Crippen LogP contribution is 2.20. The van der Waals surface area contributed by atoms with E-state index in [1.54, 1.807) is 0 Å². The smallest absolute Gasteiger partial charge is 0.306 e. The first-order chi connectivity index (χ1) is 6.68. The molecule has 0 aromatic carbocycles. The molecule has 0 heterocycles. The zero-order valence-corrected chi connectivity index (χ0v) is 8.95. The summed E-state index contributed by atoms with van der Waals surface area (Å²) in [7, 11) is 0. The molecule has 0 bridgehead atoms. The van der Waals surface area contributed by atoms with Gasteiger partial charge < -0.3 is 4.74 Å². The molecule has 1 rings (SSSR count). The topological polar surface area (TPSA) is 26.3 Å². The Balaban J connectivity index is 2.15. The van der Waals surface area contributed by atoms with Crippen LogP contribution in [0.15, 0.2) is 23.8 Å². The largest absolute Gasteiger partial charge is 0.461 e. The van der Waals surface area contributed by atoms with Crippen LogP contribution in [-0.2, 0) is 9.53 Å². The van der Waals surface area contributed by atoms with Crippen molar-refractivity contribution in [3.63, 3.8) is 0 Å². The Morgan fingerprint density at radius 2 is 2.36 bits per heavy atom. The van der Waals surface area contributed by atoms with Crippen molar-refractivity contribution < 1.29 is 9.53 Å². The zero-order chi connectivity index (χ0) is 10.4. The van der Waals surface area contributed by atoms with Crippen LogP contribution in [0.25, 0.3) is 0 Å². The van der Waals surface area contributed by atoms with Crippen LogP contribution in [-0.4, -0.2) is 12.6 Å². The van der Waals surface area contributed by atoms with Crippen LogP contribution in [0.3, 0.4) is 0 Å². The van der Waals surface area contributed by atoms with Crippen molar-refractivity contribution in [1.29, 1.82) is 0 Å². The Morgan fingerprint density at radius 1 is 1.57 bits per heavy atom. The highest BCUT2D eigenvalue weighted by molar-refractivity contribution is 5.70. The normalized spacial score (nSPS) is 19.4. The standard InChI is InChI=1S/C12H18O2/c1-10(2)7-8-14-12(13)9-11-5-3-4-6-11/h3,5,7,11H,4,6,8-9H2,1-2H3. The molecule has 0 saturated heterocycles. The zero-order valence-electron chi connectivity index (χ0n) is 8.95. The third-order valence-corrected chi connectivity index (χ3v) is 2.28. The Hall–Kier alpha value is -1.05. The maximum absolute atomic E-state index is 11.3. The lowest BCUT2D eigenvalue weighted by atomic mass is 10.1. The van der Waals surface area contributed by atoms with Crippen LogP contribution in [0.2, 0.25) is 0 Å². The van der Waals surface area contributed by atoms with Gasteiger partial charge in [-0.15, -0.1) is 0 Å². The van der Waals surface area contributed by atoms with Crippen molar-refractivity contribution in [1.82, 2.24) is 0 Å². The van der Waals surface area contributed by atoms with Crippen LogP contribution in [0.5, 0.6) is 0 Å². The fraction of sp³-hybridized carbons (Fsp3) is 0.583. The summed E-state index contributed by atoms with van der Waals surface area (Å²) in [6, 6.07) is 0. The highest BCUT2D eigenvalue weighted by atomic mass is 16.5. The minimum Gasteiger partial charge on any atom is -0.461 e. The molecule has 0 aromatic rings. The molecule has 0 saturated carbocycles. The molecule has 14 heavy (non-hydrogen) atoms. The first-order valence-electron chi connectivity index (χ1n) is 5.14. The molecule has 0 amide bonds. The van der Waals surface area contributed by atoms with Crippen molar-refractivity contribution in [3.05, 3.63) is 23.8 Å². The molecule has 0 spiro atoms. The second kappa shape index (κ2) is 5.63. The number of esters is 1. The average molecular weight is 194 g/mol. The van der Waals surface area contributed by atoms with E-state index in [4.69, 9.17) is 4.74 Å². The van der Waals surface area contributed by atoms with Gasteiger partial charge in [-0.1, -0.05) is 17.7 Å². The number of allylic oxidation sites excluding steroid dienone is 3. The number of ether oxygens (including phenoxy) is 1. The van der Waals surface area contributed by atoms with Gasteiger partial charge in [-0.25, -0.2) is 0 Å². The molecule has 2 heteroatoms. The summed E-state index contributed by atoms with van der Waals surface area (Å²) in [6.07, 6.45) is 8.90. The molecular weight excluding hydrogens is 176 g/mol. The van der Waals surface area contributed by atoms with Gasteiger partial charge in [0.2, 0.25) is 0 Å². The van der Waals surface area contributed by atoms with E-state index in [9.17, 15) is 4.79 Å². The number of hydrogen-bond acceptors (Lipinski definition) is 2. The second-order valence-corrected chi connectivity index (χ2v) is 3.93. The van der Waals surface area contributed by atoms with E-state index >= 15 is 0 Å². The molecule has 0 aliphatic heterocycles. The van der Waals surface area contributed by atoms with Crippen LogP contribution in [0.1, 0.15) is 33.1 Å². The van der Waals surface area contributed by atoms with Crippen molar-refractivity contribution in [3.8, 4) is 0 Å². The van der Waals surface area contributed by atoms with Gasteiger partial charge in [0.1, 0.15) is 6.61 Å². The van der Waals surface area contributed by atoms with Gasteiger partial charge in [-0.2, -0.15) is 0 Å². The molecule has 78 valence electrons. The van der Waals surface area contributed by atoms with Gasteiger partial charge in [0, 0.05) is 0 Å². The summed E-state index contributed by atoms with van der Waals surface area (Å²) >= 11 is 0. The second-order valence-electron chi connectivity index (χ2n) is 3.93. The Morgan fingerprint density at radius 3 is 2.93 bits per heavy atom. The van der Waals surface area contributed by atoms with Gasteiger partial charge in [-0.05, 0) is 38.7 Å². The van der Waals surface area contributed by atoms with E-state index in [0.29, 0.717) is 18.9 Å². The monoisotopic (exact) mass is 194 g/mol. The molecular formula is C12H18O2. The van der Waals surface area contributed by atoms with E-state index in [2.05, 4.69) is 12.2 Å². The van der Waals surface area contributed by atoms with Crippen LogP contribution >= 0.6 is 0 Å². The van der Waals surface area contributed by atoms with Crippen molar-refractivity contribution in [2.75, 3.05) is 6.61 Å². The number of carbonyl (C=O) groups excluding carboxylic acids is 1. The van der Waals surface area contributed by atoms with Crippen LogP contribution < -0.4 is 0 Å². The average Bonchev–Trinajstić information content (AvgIpc) is 2.56. The maximum atomic E-state index is 11.3. The minimum atomic E-state index is -0.0842. The summed E-state index contributed by atoms with van der Waals surface area (Å²) in [5, 5.41) is 0. The van der Waals surface area contributed by atoms with Gasteiger partial charge >= 0.3 is 5.97 Å². The first kappa shape index (κ1) is 11.0. The minimum absolute atomic E-state index is 0.0842. The van der Waals surface area contributed by atoms with Gasteiger partial charge in [-0.3, -0.25) is 4.79 Å². The van der Waals surface area contributed by atoms with Gasteiger partial charge in [0.15, 0.2) is 0 Å². The Labute approximate surface area is 85.6 Å². The Kier molecular flexibility index (Phi) is 4.44. The third-order valence-electron chi connectivity index (χ3n) is 2.28. The van der Waals surface area contributed by atoms with E-state index in [0.717, 1.165) is 12.8 Å². The summed E-state index contributed by atoms with van der Waals surface area (Å²) in [5.74, 6) is 0.327. The number of carbonyl (C=O) groups is 1. The predicted octanol–water partition coefficient (Wildman–Crippen LogP) is 2.85. The quantitative estimate of drug-likeness (QED) is 0.508. The fourth-order valence-corrected chi connectivity index (χ4v) is 1.44. The lowest BCUT2D eigenvalue weighted by Gasteiger charge is -2.06. The molecule has 1 aliphatic carbocycles. The molecule has 2 nitrogen and oxygen atoms in total. The lowest BCUT2D eigenvalue weighted by molar-refractivity contribution is -0.143. The lowest BCUT2D eigenvalue weighted by Crippen LogP contribution is -2.09. The summed E-state index contributed by atoms with van der Waals surface area (Å²) in [5.41, 5.74) is 1.18. The van der Waals surface area contributed by atoms with Gasteiger partial charge in [0.25, 0.3) is 0 Å². The first-order valence-corrected chi connectivity index (χ1v) is 5.14. The molecule has 0 aromatic heterocycles. The van der Waals surface area contributed by atoms with Crippen molar-refractivity contribution in [2.24, 2.45) is 5.92 Å². The highest BCUT2D eigenvalue weighted by Gasteiger charge is 2.14. The van der Waals surface area contributed by atoms with Crippen LogP contribution in [0.4, 0.5) is 0 Å². The van der Waals surface area contributed by atoms with E-state index in [1.807, 2.05) is 19.9 Å². The third kappa shape index (κ3) is 4.26. The van der Waals surface area contributed by atoms with E-state index in [-0.39, 0.29) is 5.97 Å².